The molecule has 3 aromatic heterocycles. The molecule has 0 aliphatic heterocycles. The Morgan fingerprint density at radius 2 is 0.657 bits per heavy atom. The first-order valence-corrected chi connectivity index (χ1v) is 22.5. The van der Waals surface area contributed by atoms with Crippen LogP contribution in [0.5, 0.6) is 0 Å². The van der Waals surface area contributed by atoms with Crippen molar-refractivity contribution in [2.24, 2.45) is 0 Å². The van der Waals surface area contributed by atoms with Crippen molar-refractivity contribution in [3.05, 3.63) is 249 Å². The van der Waals surface area contributed by atoms with Crippen LogP contribution in [0.1, 0.15) is 0 Å². The molecule has 5 heteroatoms. The lowest BCUT2D eigenvalue weighted by Crippen LogP contribution is -2.06. The molecular weight excluding hydrogens is 815 g/mol. The summed E-state index contributed by atoms with van der Waals surface area (Å²) < 4.78 is 2.29. The molecule has 0 radical (unpaired) electrons. The summed E-state index contributed by atoms with van der Waals surface area (Å²) in [6.45, 7) is 0. The normalized spacial score (nSPS) is 11.3. The molecule has 0 amide bonds. The van der Waals surface area contributed by atoms with Crippen LogP contribution in [0.3, 0.4) is 0 Å². The number of nitrogens with zero attached hydrogens (tertiary/aromatic N) is 5. The van der Waals surface area contributed by atoms with Gasteiger partial charge in [0.25, 0.3) is 0 Å². The molecule has 0 unspecified atom stereocenters. The van der Waals surface area contributed by atoms with Gasteiger partial charge in [-0.25, -0.2) is 19.9 Å². The Morgan fingerprint density at radius 1 is 0.269 bits per heavy atom. The lowest BCUT2D eigenvalue weighted by Gasteiger charge is -2.19. The average molecular weight is 856 g/mol. The van der Waals surface area contributed by atoms with Crippen molar-refractivity contribution in [1.29, 1.82) is 0 Å². The smallest absolute Gasteiger partial charge is 0.167 e. The van der Waals surface area contributed by atoms with Gasteiger partial charge in [-0.15, -0.1) is 0 Å². The van der Waals surface area contributed by atoms with Crippen molar-refractivity contribution in [1.82, 2.24) is 24.5 Å². The van der Waals surface area contributed by atoms with Gasteiger partial charge in [-0.3, -0.25) is 4.57 Å². The Bertz CT molecular complexity index is 3490. The van der Waals surface area contributed by atoms with E-state index in [1.54, 1.807) is 0 Å². The summed E-state index contributed by atoms with van der Waals surface area (Å²) in [5, 5.41) is 2.25. The fourth-order valence-electron chi connectivity index (χ4n) is 9.32. The van der Waals surface area contributed by atoms with Crippen LogP contribution in [0, 0.1) is 0 Å². The van der Waals surface area contributed by atoms with Gasteiger partial charge >= 0.3 is 0 Å². The summed E-state index contributed by atoms with van der Waals surface area (Å²) in [6.07, 6.45) is 2.03. The van der Waals surface area contributed by atoms with Gasteiger partial charge in [0, 0.05) is 33.7 Å². The third-order valence-electron chi connectivity index (χ3n) is 12.5. The zero-order chi connectivity index (χ0) is 44.5. The Labute approximate surface area is 389 Å². The molecule has 3 heterocycles. The first-order valence-electron chi connectivity index (χ1n) is 22.5. The predicted octanol–water partition coefficient (Wildman–Crippen LogP) is 15.7. The SMILES string of the molecule is c1ccc(-c2ccc3c(c2)c2cc(-c4ccccc4)ccc2n3-c2ncc(-c3c(-c4ccccc4)cccc3-c3ccccc3)cc2-c2nc(-c3ccccc3)nc(-c3ccccc3)n2)cc1. The summed E-state index contributed by atoms with van der Waals surface area (Å²) in [6, 6.07) is 85.0. The van der Waals surface area contributed by atoms with Crippen molar-refractivity contribution >= 4 is 21.8 Å². The second kappa shape index (κ2) is 17.1. The maximum atomic E-state index is 5.57. The van der Waals surface area contributed by atoms with Crippen molar-refractivity contribution < 1.29 is 0 Å². The molecule has 0 fully saturated rings. The molecule has 9 aromatic carbocycles. The Morgan fingerprint density at radius 3 is 1.09 bits per heavy atom. The van der Waals surface area contributed by atoms with Gasteiger partial charge in [0.2, 0.25) is 0 Å². The molecule has 0 aliphatic carbocycles. The Kier molecular flexibility index (Phi) is 10.1. The third kappa shape index (κ3) is 7.44. The molecule has 12 aromatic rings. The molecular formula is C62H41N5. The van der Waals surface area contributed by atoms with E-state index >= 15 is 0 Å². The maximum Gasteiger partial charge on any atom is 0.167 e. The van der Waals surface area contributed by atoms with Crippen LogP contribution < -0.4 is 0 Å². The zero-order valence-electron chi connectivity index (χ0n) is 36.4. The molecule has 314 valence electrons. The summed E-state index contributed by atoms with van der Waals surface area (Å²) in [7, 11) is 0. The molecule has 0 aliphatic rings. The van der Waals surface area contributed by atoms with Gasteiger partial charge in [0.1, 0.15) is 5.82 Å². The standard InChI is InChI=1S/C62H41N5/c1-7-20-42(21-8-1)48-34-36-56-53(38-48)54-39-49(43-22-9-2-10-23-43)35-37-57(54)67(56)62-55(61-65-59(46-28-15-5-16-29-46)64-60(66-61)47-30-17-6-18-31-47)40-50(41-63-62)58-51(44-24-11-3-12-25-44)32-19-33-52(58)45-26-13-4-14-27-45/h1-41H. The quantitative estimate of drug-likeness (QED) is 0.145. The van der Waals surface area contributed by atoms with Crippen molar-refractivity contribution in [3.63, 3.8) is 0 Å². The third-order valence-corrected chi connectivity index (χ3v) is 12.5. The predicted molar refractivity (Wildman–Crippen MR) is 275 cm³/mol. The van der Waals surface area contributed by atoms with Crippen LogP contribution in [-0.4, -0.2) is 24.5 Å². The van der Waals surface area contributed by atoms with E-state index < -0.39 is 0 Å². The largest absolute Gasteiger partial charge is 0.293 e. The van der Waals surface area contributed by atoms with Crippen molar-refractivity contribution in [3.8, 4) is 95.6 Å². The topological polar surface area (TPSA) is 56.5 Å². The van der Waals surface area contributed by atoms with E-state index in [4.69, 9.17) is 19.9 Å². The summed E-state index contributed by atoms with van der Waals surface area (Å²) in [5.74, 6) is 2.40. The number of aromatic nitrogens is 5. The van der Waals surface area contributed by atoms with E-state index in [0.717, 1.165) is 94.1 Å². The van der Waals surface area contributed by atoms with E-state index in [9.17, 15) is 0 Å². The lowest BCUT2D eigenvalue weighted by atomic mass is 9.88. The monoisotopic (exact) mass is 855 g/mol. The number of benzene rings is 9. The highest BCUT2D eigenvalue weighted by Gasteiger charge is 2.24. The molecule has 0 bridgehead atoms. The lowest BCUT2D eigenvalue weighted by molar-refractivity contribution is 1.04. The van der Waals surface area contributed by atoms with E-state index in [-0.39, 0.29) is 0 Å². The molecule has 12 rings (SSSR count). The van der Waals surface area contributed by atoms with Gasteiger partial charge in [0.15, 0.2) is 17.5 Å². The number of fused-ring (bicyclic) bond motifs is 3. The number of pyridine rings is 1. The van der Waals surface area contributed by atoms with E-state index in [1.807, 2.05) is 66.9 Å². The van der Waals surface area contributed by atoms with Gasteiger partial charge in [-0.1, -0.05) is 212 Å². The van der Waals surface area contributed by atoms with Crippen LogP contribution in [0.15, 0.2) is 249 Å². The molecule has 0 N–H and O–H groups in total. The van der Waals surface area contributed by atoms with Crippen molar-refractivity contribution in [2.45, 2.75) is 0 Å². The van der Waals surface area contributed by atoms with Crippen LogP contribution in [0.2, 0.25) is 0 Å². The molecule has 0 saturated carbocycles. The first kappa shape index (κ1) is 39.5. The van der Waals surface area contributed by atoms with Crippen LogP contribution in [-0.2, 0) is 0 Å². The summed E-state index contributed by atoms with van der Waals surface area (Å²) in [5.41, 5.74) is 15.7. The van der Waals surface area contributed by atoms with Gasteiger partial charge in [-0.05, 0) is 80.4 Å². The van der Waals surface area contributed by atoms with Crippen LogP contribution >= 0.6 is 0 Å². The minimum absolute atomic E-state index is 0.521. The van der Waals surface area contributed by atoms with E-state index in [1.165, 1.54) is 0 Å². The number of hydrogen-bond acceptors (Lipinski definition) is 4. The molecule has 0 spiro atoms. The average Bonchev–Trinajstić information content (AvgIpc) is 3.74. The van der Waals surface area contributed by atoms with Gasteiger partial charge < -0.3 is 0 Å². The Balaban J connectivity index is 1.18. The van der Waals surface area contributed by atoms with E-state index in [0.29, 0.717) is 23.3 Å². The van der Waals surface area contributed by atoms with Gasteiger partial charge in [-0.2, -0.15) is 0 Å². The first-order chi connectivity index (χ1) is 33.2. The van der Waals surface area contributed by atoms with Crippen LogP contribution in [0.4, 0.5) is 0 Å². The minimum Gasteiger partial charge on any atom is -0.293 e. The summed E-state index contributed by atoms with van der Waals surface area (Å²) >= 11 is 0. The highest BCUT2D eigenvalue weighted by Crippen LogP contribution is 2.44. The van der Waals surface area contributed by atoms with Crippen molar-refractivity contribution in [2.75, 3.05) is 0 Å². The minimum atomic E-state index is 0.521. The second-order valence-corrected chi connectivity index (χ2v) is 16.6. The molecule has 67 heavy (non-hydrogen) atoms. The zero-order valence-corrected chi connectivity index (χ0v) is 36.4. The second-order valence-electron chi connectivity index (χ2n) is 16.6. The maximum absolute atomic E-state index is 5.57. The molecule has 0 saturated heterocycles. The van der Waals surface area contributed by atoms with Gasteiger partial charge in [0.05, 0.1) is 16.6 Å². The molecule has 5 nitrogen and oxygen atoms in total. The summed E-state index contributed by atoms with van der Waals surface area (Å²) in [4.78, 5) is 21.4. The number of rotatable bonds is 9. The van der Waals surface area contributed by atoms with Crippen LogP contribution in [0.25, 0.3) is 117 Å². The Hall–Kier alpha value is -9.06. The fourth-order valence-corrected chi connectivity index (χ4v) is 9.32. The highest BCUT2D eigenvalue weighted by molar-refractivity contribution is 6.12. The number of hydrogen-bond donors (Lipinski definition) is 0. The van der Waals surface area contributed by atoms with E-state index in [2.05, 4.69) is 187 Å². The highest BCUT2D eigenvalue weighted by atomic mass is 15.1. The molecule has 0 atom stereocenters. The fraction of sp³-hybridized carbons (Fsp3) is 0.